The summed E-state index contributed by atoms with van der Waals surface area (Å²) in [5.41, 5.74) is 1.64. The normalized spacial score (nSPS) is 31.7. The summed E-state index contributed by atoms with van der Waals surface area (Å²) < 4.78 is 33.0. The van der Waals surface area contributed by atoms with Gasteiger partial charge in [0.15, 0.2) is 6.23 Å². The molecule has 114 valence electrons. The number of hydrogen-bond donors (Lipinski definition) is 3. The van der Waals surface area contributed by atoms with Gasteiger partial charge in [-0.2, -0.15) is 4.98 Å². The Labute approximate surface area is 118 Å². The fourth-order valence-corrected chi connectivity index (χ4v) is 2.08. The summed E-state index contributed by atoms with van der Waals surface area (Å²) in [4.78, 5) is 15.2. The lowest BCUT2D eigenvalue weighted by atomic mass is 9.96. The Morgan fingerprint density at radius 3 is 2.90 bits per heavy atom. The third-order valence-electron chi connectivity index (χ3n) is 3.08. The molecule has 2 rings (SSSR count). The summed E-state index contributed by atoms with van der Waals surface area (Å²) in [6.45, 7) is -1.83. The minimum atomic E-state index is -2.76. The molecule has 0 spiro atoms. The molecule has 1 saturated heterocycles. The molecule has 0 saturated carbocycles. The largest absolute Gasteiger partial charge is 0.394 e. The molecule has 0 bridgehead atoms. The first-order chi connectivity index (χ1) is 9.93. The third kappa shape index (κ3) is 2.61. The molecular weight excluding hydrogens is 288 g/mol. The predicted octanol–water partition coefficient (Wildman–Crippen LogP) is -1.24. The molecule has 1 aliphatic rings. The molecule has 1 aromatic rings. The zero-order valence-electron chi connectivity index (χ0n) is 10.7. The third-order valence-corrected chi connectivity index (χ3v) is 3.08. The molecule has 2 heterocycles. The second-order valence-corrected chi connectivity index (χ2v) is 4.40. The summed E-state index contributed by atoms with van der Waals surface area (Å²) in [6.07, 6.45) is -3.72. The molecule has 4 atom stereocenters. The number of nitrogens with zero attached hydrogens (tertiary/aromatic N) is 2. The van der Waals surface area contributed by atoms with E-state index in [0.29, 0.717) is 0 Å². The number of rotatable bonds is 2. The lowest BCUT2D eigenvalue weighted by molar-refractivity contribution is -0.0542. The topological polar surface area (TPSA) is 111 Å². The van der Waals surface area contributed by atoms with Crippen LogP contribution in [-0.4, -0.2) is 50.9 Å². The van der Waals surface area contributed by atoms with E-state index in [1.165, 1.54) is 6.07 Å². The maximum atomic E-state index is 14.9. The van der Waals surface area contributed by atoms with Crippen LogP contribution in [0, 0.1) is 11.8 Å². The van der Waals surface area contributed by atoms with Gasteiger partial charge in [0.2, 0.25) is 5.67 Å². The smallest absolute Gasteiger partial charge is 0.351 e. The van der Waals surface area contributed by atoms with Crippen LogP contribution in [0.1, 0.15) is 6.23 Å². The van der Waals surface area contributed by atoms with Crippen molar-refractivity contribution in [3.05, 3.63) is 22.7 Å². The van der Waals surface area contributed by atoms with Gasteiger partial charge in [-0.1, -0.05) is 11.8 Å². The summed E-state index contributed by atoms with van der Waals surface area (Å²) >= 11 is 0. The van der Waals surface area contributed by atoms with Crippen LogP contribution in [0.5, 0.6) is 0 Å². The minimum absolute atomic E-state index is 0.0761. The van der Waals surface area contributed by atoms with Crippen molar-refractivity contribution < 1.29 is 23.7 Å². The van der Waals surface area contributed by atoms with Crippen LogP contribution in [-0.2, 0) is 4.74 Å². The van der Waals surface area contributed by atoms with Gasteiger partial charge in [0.25, 0.3) is 0 Å². The van der Waals surface area contributed by atoms with Gasteiger partial charge in [0, 0.05) is 6.20 Å². The van der Waals surface area contributed by atoms with Gasteiger partial charge in [-0.3, -0.25) is 4.57 Å². The van der Waals surface area contributed by atoms with Crippen molar-refractivity contribution >= 4 is 5.82 Å². The zero-order valence-corrected chi connectivity index (χ0v) is 10.7. The van der Waals surface area contributed by atoms with Crippen LogP contribution >= 0.6 is 0 Å². The van der Waals surface area contributed by atoms with E-state index < -0.39 is 43.1 Å². The van der Waals surface area contributed by atoms with Crippen molar-refractivity contribution in [2.24, 2.45) is 0 Å². The molecule has 0 amide bonds. The van der Waals surface area contributed by atoms with Crippen LogP contribution in [0.4, 0.5) is 14.6 Å². The van der Waals surface area contributed by atoms with Crippen LogP contribution in [0.2, 0.25) is 0 Å². The Morgan fingerprint density at radius 2 is 2.33 bits per heavy atom. The number of nitrogens with two attached hydrogens (primary N) is 1. The zero-order chi connectivity index (χ0) is 15.6. The molecule has 1 aliphatic heterocycles. The van der Waals surface area contributed by atoms with E-state index in [-0.39, 0.29) is 5.82 Å². The second kappa shape index (κ2) is 5.77. The molecular formula is C12H13F2N3O4. The number of anilines is 1. The first-order valence-electron chi connectivity index (χ1n) is 5.98. The van der Waals surface area contributed by atoms with E-state index in [9.17, 15) is 18.7 Å². The quantitative estimate of drug-likeness (QED) is 0.589. The molecule has 0 aliphatic carbocycles. The molecule has 0 aromatic carbocycles. The molecule has 3 unspecified atom stereocenters. The van der Waals surface area contributed by atoms with Crippen molar-refractivity contribution in [1.29, 1.82) is 0 Å². The van der Waals surface area contributed by atoms with Crippen molar-refractivity contribution in [3.8, 4) is 11.8 Å². The van der Waals surface area contributed by atoms with Gasteiger partial charge in [-0.15, -0.1) is 0 Å². The maximum Gasteiger partial charge on any atom is 0.351 e. The van der Waals surface area contributed by atoms with Crippen LogP contribution in [0.25, 0.3) is 0 Å². The van der Waals surface area contributed by atoms with E-state index in [1.54, 1.807) is 0 Å². The van der Waals surface area contributed by atoms with E-state index in [0.717, 1.165) is 10.8 Å². The number of aromatic nitrogens is 2. The molecule has 9 heteroatoms. The highest BCUT2D eigenvalue weighted by Gasteiger charge is 2.57. The lowest BCUT2D eigenvalue weighted by Gasteiger charge is -2.23. The van der Waals surface area contributed by atoms with Crippen LogP contribution in [0.15, 0.2) is 17.1 Å². The number of alkyl halides is 2. The average molecular weight is 301 g/mol. The highest BCUT2D eigenvalue weighted by molar-refractivity contribution is 5.26. The van der Waals surface area contributed by atoms with Gasteiger partial charge in [0.05, 0.1) is 6.61 Å². The van der Waals surface area contributed by atoms with Gasteiger partial charge in [0.1, 0.15) is 24.7 Å². The lowest BCUT2D eigenvalue weighted by Crippen LogP contribution is -2.44. The van der Waals surface area contributed by atoms with Crippen molar-refractivity contribution in [2.75, 3.05) is 19.0 Å². The predicted molar refractivity (Wildman–Crippen MR) is 67.5 cm³/mol. The fourth-order valence-electron chi connectivity index (χ4n) is 2.08. The second-order valence-electron chi connectivity index (χ2n) is 4.40. The Balaban J connectivity index is 2.51. The molecule has 21 heavy (non-hydrogen) atoms. The molecule has 7 nitrogen and oxygen atoms in total. The van der Waals surface area contributed by atoms with E-state index in [4.69, 9.17) is 15.6 Å². The highest BCUT2D eigenvalue weighted by Crippen LogP contribution is 2.40. The molecule has 4 N–H and O–H groups in total. The van der Waals surface area contributed by atoms with E-state index >= 15 is 0 Å². The van der Waals surface area contributed by atoms with E-state index in [2.05, 4.69) is 4.98 Å². The molecule has 0 radical (unpaired) electrons. The Kier molecular flexibility index (Phi) is 4.22. The SMILES string of the molecule is Nc1ccn(C2OC(CO)[C@H](O)C2(F)C#CCF)c(=O)n1. The average Bonchev–Trinajstić information content (AvgIpc) is 2.70. The number of nitrogen functional groups attached to an aromatic ring is 1. The Bertz CT molecular complexity index is 641. The van der Waals surface area contributed by atoms with Gasteiger partial charge in [-0.05, 0) is 6.07 Å². The Hall–Kier alpha value is -2.02. The maximum absolute atomic E-state index is 14.9. The van der Waals surface area contributed by atoms with Gasteiger partial charge < -0.3 is 20.7 Å². The first-order valence-corrected chi connectivity index (χ1v) is 5.98. The number of hydrogen-bond acceptors (Lipinski definition) is 6. The minimum Gasteiger partial charge on any atom is -0.394 e. The first kappa shape index (κ1) is 15.4. The summed E-state index contributed by atoms with van der Waals surface area (Å²) in [5.74, 6) is 3.70. The van der Waals surface area contributed by atoms with Crippen LogP contribution < -0.4 is 11.4 Å². The van der Waals surface area contributed by atoms with Gasteiger partial charge in [-0.25, -0.2) is 13.6 Å². The van der Waals surface area contributed by atoms with Crippen molar-refractivity contribution in [2.45, 2.75) is 24.1 Å². The van der Waals surface area contributed by atoms with E-state index in [1.807, 2.05) is 11.8 Å². The fraction of sp³-hybridized carbons (Fsp3) is 0.500. The van der Waals surface area contributed by atoms with Crippen LogP contribution in [0.3, 0.4) is 0 Å². The standard InChI is InChI=1S/C12H13F2N3O4/c13-4-1-3-12(14)9(19)7(6-18)21-10(12)17-5-2-8(15)16-11(17)20/h2,5,7,9-10,18-19H,4,6H2,(H2,15,16,20)/t7?,9-,10?,12?/m0/s1. The number of halogens is 2. The Morgan fingerprint density at radius 1 is 1.62 bits per heavy atom. The monoisotopic (exact) mass is 301 g/mol. The number of aliphatic hydroxyl groups is 2. The van der Waals surface area contributed by atoms with Crippen molar-refractivity contribution in [3.63, 3.8) is 0 Å². The van der Waals surface area contributed by atoms with Gasteiger partial charge >= 0.3 is 5.69 Å². The summed E-state index contributed by atoms with van der Waals surface area (Å²) in [7, 11) is 0. The number of ether oxygens (including phenoxy) is 1. The summed E-state index contributed by atoms with van der Waals surface area (Å²) in [6, 6.07) is 1.23. The number of aliphatic hydroxyl groups excluding tert-OH is 2. The summed E-state index contributed by atoms with van der Waals surface area (Å²) in [5, 5.41) is 18.9. The molecule has 1 fully saturated rings. The van der Waals surface area contributed by atoms with Crippen molar-refractivity contribution in [1.82, 2.24) is 9.55 Å². The highest BCUT2D eigenvalue weighted by atomic mass is 19.1. The molecule has 1 aromatic heterocycles.